The first-order chi connectivity index (χ1) is 17.1. The van der Waals surface area contributed by atoms with Gasteiger partial charge in [-0.3, -0.25) is 9.52 Å². The number of aryl methyl sites for hydroxylation is 3. The first-order valence-corrected chi connectivity index (χ1v) is 13.2. The molecule has 4 N–H and O–H groups in total. The summed E-state index contributed by atoms with van der Waals surface area (Å²) in [7, 11) is -1.80. The standard InChI is InChI=1S/C23H27N9O3S/c1-5-36(34,35)31-17-10-15(22-26-13(3)30-32(22)4)8-9-16(17)27-18-11-19(29-23(33)14-6-7-14)28-21-20(18)24-12(2)25-21/h8-11,14,31H,5-7H2,1-4H3,(H3,24,25,27,28,29,33). The molecule has 188 valence electrons. The summed E-state index contributed by atoms with van der Waals surface area (Å²) >= 11 is 0. The summed E-state index contributed by atoms with van der Waals surface area (Å²) in [5.74, 6) is 2.11. The van der Waals surface area contributed by atoms with Gasteiger partial charge in [-0.25, -0.2) is 28.1 Å². The van der Waals surface area contributed by atoms with E-state index in [2.05, 4.69) is 40.4 Å². The summed E-state index contributed by atoms with van der Waals surface area (Å²) in [6.07, 6.45) is 1.75. The lowest BCUT2D eigenvalue weighted by molar-refractivity contribution is -0.117. The molecule has 12 nitrogen and oxygen atoms in total. The van der Waals surface area contributed by atoms with Gasteiger partial charge < -0.3 is 15.6 Å². The number of carbonyl (C=O) groups is 1. The SMILES string of the molecule is CCS(=O)(=O)Nc1cc(-c2nc(C)nn2C)ccc1Nc1cc(NC(=O)C2CC2)nc2nc(C)[nH]c12. The normalized spacial score (nSPS) is 13.7. The lowest BCUT2D eigenvalue weighted by Crippen LogP contribution is -2.16. The van der Waals surface area contributed by atoms with Crippen molar-refractivity contribution in [2.45, 2.75) is 33.6 Å². The van der Waals surface area contributed by atoms with E-state index in [0.717, 1.165) is 12.8 Å². The number of amides is 1. The Morgan fingerprint density at radius 3 is 2.56 bits per heavy atom. The summed E-state index contributed by atoms with van der Waals surface area (Å²) < 4.78 is 29.3. The number of H-pyrrole nitrogens is 1. The number of nitrogens with one attached hydrogen (secondary N) is 4. The van der Waals surface area contributed by atoms with Crippen molar-refractivity contribution >= 4 is 50.0 Å². The summed E-state index contributed by atoms with van der Waals surface area (Å²) in [5, 5.41) is 10.4. The van der Waals surface area contributed by atoms with E-state index in [1.54, 1.807) is 43.8 Å². The van der Waals surface area contributed by atoms with Gasteiger partial charge >= 0.3 is 0 Å². The van der Waals surface area contributed by atoms with Crippen LogP contribution in [-0.2, 0) is 21.9 Å². The van der Waals surface area contributed by atoms with E-state index in [9.17, 15) is 13.2 Å². The molecule has 1 fully saturated rings. The minimum absolute atomic E-state index is 0.0201. The van der Waals surface area contributed by atoms with Crippen molar-refractivity contribution in [1.82, 2.24) is 29.7 Å². The average molecular weight is 510 g/mol. The molecule has 3 aromatic heterocycles. The monoisotopic (exact) mass is 509 g/mol. The number of benzene rings is 1. The van der Waals surface area contributed by atoms with Crippen LogP contribution in [0, 0.1) is 19.8 Å². The van der Waals surface area contributed by atoms with E-state index >= 15 is 0 Å². The van der Waals surface area contributed by atoms with Crippen molar-refractivity contribution in [3.8, 4) is 11.4 Å². The van der Waals surface area contributed by atoms with E-state index in [0.29, 0.717) is 57.1 Å². The summed E-state index contributed by atoms with van der Waals surface area (Å²) in [6, 6.07) is 7.02. The van der Waals surface area contributed by atoms with Gasteiger partial charge in [0.15, 0.2) is 11.5 Å². The van der Waals surface area contributed by atoms with E-state index in [1.165, 1.54) is 0 Å². The molecule has 1 aliphatic rings. The molecule has 1 amide bonds. The van der Waals surface area contributed by atoms with Crippen LogP contribution in [0.4, 0.5) is 22.9 Å². The number of hydrogen-bond donors (Lipinski definition) is 4. The molecule has 0 radical (unpaired) electrons. The molecule has 1 aromatic carbocycles. The maximum atomic E-state index is 12.5. The number of sulfonamides is 1. The Bertz CT molecular complexity index is 1590. The molecular weight excluding hydrogens is 482 g/mol. The highest BCUT2D eigenvalue weighted by Gasteiger charge is 2.30. The molecule has 5 rings (SSSR count). The average Bonchev–Trinajstić information content (AvgIpc) is 3.52. The van der Waals surface area contributed by atoms with Crippen molar-refractivity contribution in [2.75, 3.05) is 21.1 Å². The molecule has 0 atom stereocenters. The number of aromatic amines is 1. The second kappa shape index (κ2) is 8.90. The Labute approximate surface area is 208 Å². The van der Waals surface area contributed by atoms with E-state index in [1.807, 2.05) is 13.0 Å². The molecule has 3 heterocycles. The maximum absolute atomic E-state index is 12.5. The third kappa shape index (κ3) is 4.87. The Morgan fingerprint density at radius 2 is 1.89 bits per heavy atom. The number of carbonyl (C=O) groups excluding carboxylic acids is 1. The topological polar surface area (TPSA) is 160 Å². The van der Waals surface area contributed by atoms with E-state index in [4.69, 9.17) is 0 Å². The predicted molar refractivity (Wildman–Crippen MR) is 138 cm³/mol. The number of fused-ring (bicyclic) bond motifs is 1. The second-order valence-corrected chi connectivity index (χ2v) is 10.8. The van der Waals surface area contributed by atoms with E-state index in [-0.39, 0.29) is 17.6 Å². The molecule has 0 unspecified atom stereocenters. The number of rotatable bonds is 8. The van der Waals surface area contributed by atoms with Crippen LogP contribution < -0.4 is 15.4 Å². The molecular formula is C23H27N9O3S. The molecule has 0 bridgehead atoms. The molecule has 13 heteroatoms. The van der Waals surface area contributed by atoms with Crippen LogP contribution in [0.25, 0.3) is 22.6 Å². The molecule has 0 saturated heterocycles. The highest BCUT2D eigenvalue weighted by Crippen LogP contribution is 2.35. The molecule has 1 saturated carbocycles. The van der Waals surface area contributed by atoms with Crippen molar-refractivity contribution in [3.05, 3.63) is 35.9 Å². The number of pyridine rings is 1. The van der Waals surface area contributed by atoms with Gasteiger partial charge in [-0.15, -0.1) is 0 Å². The zero-order valence-corrected chi connectivity index (χ0v) is 21.2. The van der Waals surface area contributed by atoms with Crippen molar-refractivity contribution in [2.24, 2.45) is 13.0 Å². The molecule has 4 aromatic rings. The van der Waals surface area contributed by atoms with Gasteiger partial charge in [-0.1, -0.05) is 0 Å². The number of nitrogens with zero attached hydrogens (tertiary/aromatic N) is 5. The largest absolute Gasteiger partial charge is 0.352 e. The second-order valence-electron chi connectivity index (χ2n) is 8.84. The number of hydrogen-bond acceptors (Lipinski definition) is 8. The third-order valence-corrected chi connectivity index (χ3v) is 7.13. The summed E-state index contributed by atoms with van der Waals surface area (Å²) in [6.45, 7) is 5.17. The smallest absolute Gasteiger partial charge is 0.232 e. The van der Waals surface area contributed by atoms with Crippen LogP contribution in [0.2, 0.25) is 0 Å². The first-order valence-electron chi connectivity index (χ1n) is 11.6. The fourth-order valence-corrected chi connectivity index (χ4v) is 4.51. The van der Waals surface area contributed by atoms with Crippen LogP contribution in [0.15, 0.2) is 24.3 Å². The number of imidazole rings is 1. The molecule has 0 spiro atoms. The van der Waals surface area contributed by atoms with E-state index < -0.39 is 10.0 Å². The number of anilines is 4. The van der Waals surface area contributed by atoms with Gasteiger partial charge in [0.1, 0.15) is 23.0 Å². The van der Waals surface area contributed by atoms with Crippen molar-refractivity contribution < 1.29 is 13.2 Å². The third-order valence-electron chi connectivity index (χ3n) is 5.84. The summed E-state index contributed by atoms with van der Waals surface area (Å²) in [5.41, 5.74) is 3.21. The fraction of sp³-hybridized carbons (Fsp3) is 0.348. The molecule has 0 aliphatic heterocycles. The zero-order valence-electron chi connectivity index (χ0n) is 20.4. The highest BCUT2D eigenvalue weighted by molar-refractivity contribution is 7.92. The van der Waals surface area contributed by atoms with Crippen molar-refractivity contribution in [3.63, 3.8) is 0 Å². The molecule has 36 heavy (non-hydrogen) atoms. The number of aromatic nitrogens is 6. The van der Waals surface area contributed by atoms with Crippen LogP contribution in [0.3, 0.4) is 0 Å². The lowest BCUT2D eigenvalue weighted by atomic mass is 10.1. The van der Waals surface area contributed by atoms with Gasteiger partial charge in [0.25, 0.3) is 0 Å². The van der Waals surface area contributed by atoms with Crippen LogP contribution >= 0.6 is 0 Å². The van der Waals surface area contributed by atoms with Gasteiger partial charge in [0.05, 0.1) is 22.8 Å². The van der Waals surface area contributed by atoms with Gasteiger partial charge in [0.2, 0.25) is 15.9 Å². The Morgan fingerprint density at radius 1 is 1.11 bits per heavy atom. The van der Waals surface area contributed by atoms with Crippen LogP contribution in [0.1, 0.15) is 31.4 Å². The van der Waals surface area contributed by atoms with Gasteiger partial charge in [-0.2, -0.15) is 5.10 Å². The molecule has 1 aliphatic carbocycles. The zero-order chi connectivity index (χ0) is 25.6. The fourth-order valence-electron chi connectivity index (χ4n) is 3.87. The Balaban J connectivity index is 1.57. The highest BCUT2D eigenvalue weighted by atomic mass is 32.2. The first kappa shape index (κ1) is 23.7. The lowest BCUT2D eigenvalue weighted by Gasteiger charge is -2.16. The van der Waals surface area contributed by atoms with Gasteiger partial charge in [0, 0.05) is 24.6 Å². The predicted octanol–water partition coefficient (Wildman–Crippen LogP) is 3.22. The minimum atomic E-state index is -3.58. The van der Waals surface area contributed by atoms with Gasteiger partial charge in [-0.05, 0) is 51.8 Å². The quantitative estimate of drug-likeness (QED) is 0.282. The Hall–Kier alpha value is -4.00. The van der Waals surface area contributed by atoms with Crippen molar-refractivity contribution in [1.29, 1.82) is 0 Å². The van der Waals surface area contributed by atoms with Crippen LogP contribution in [-0.4, -0.2) is 49.8 Å². The van der Waals surface area contributed by atoms with Crippen LogP contribution in [0.5, 0.6) is 0 Å². The summed E-state index contributed by atoms with van der Waals surface area (Å²) in [4.78, 5) is 28.9. The minimum Gasteiger partial charge on any atom is -0.352 e. The maximum Gasteiger partial charge on any atom is 0.232 e. The Kier molecular flexibility index (Phi) is 5.86.